The van der Waals surface area contributed by atoms with Gasteiger partial charge >= 0.3 is 12.1 Å². The fourth-order valence-electron chi connectivity index (χ4n) is 2.87. The molecule has 4 N–H and O–H groups in total. The normalized spacial score (nSPS) is 20.0. The van der Waals surface area contributed by atoms with Gasteiger partial charge in [-0.1, -0.05) is 0 Å². The molecule has 1 aromatic rings. The molecule has 0 aromatic carbocycles. The number of carbonyl (C=O) groups is 2. The second kappa shape index (κ2) is 14.0. The van der Waals surface area contributed by atoms with Crippen molar-refractivity contribution < 1.29 is 47.9 Å². The molecule has 0 saturated carbocycles. The number of esters is 1. The fourth-order valence-corrected chi connectivity index (χ4v) is 2.87. The lowest BCUT2D eigenvalue weighted by atomic mass is 10.2. The fraction of sp³-hybridized carbons (Fsp3) is 0.700. The first-order valence-corrected chi connectivity index (χ1v) is 10.3. The summed E-state index contributed by atoms with van der Waals surface area (Å²) in [5, 5.41) is 24.7. The van der Waals surface area contributed by atoms with Crippen LogP contribution in [-0.4, -0.2) is 93.4 Å². The van der Waals surface area contributed by atoms with E-state index in [0.29, 0.717) is 12.3 Å². The number of hydrogen-bond donors (Lipinski definition) is 4. The van der Waals surface area contributed by atoms with Gasteiger partial charge in [-0.05, 0) is 19.2 Å². The summed E-state index contributed by atoms with van der Waals surface area (Å²) in [5.74, 6) is 0.820. The molecule has 4 atom stereocenters. The Morgan fingerprint density at radius 3 is 2.41 bits per heavy atom. The standard InChI is InChI=1S/C20H32N2O10/c1-13(24)31-17(7-23)10-29-19-12-27-11-18(19)28-8-14(25)9-30-20(26)22-6-16-4-3-15(32-16)5-21-2/h3-4,14,17-19,21,23,25H,5-12H2,1-2H3,(H,22,26). The average molecular weight is 460 g/mol. The summed E-state index contributed by atoms with van der Waals surface area (Å²) in [6.45, 7) is 1.78. The minimum absolute atomic E-state index is 0.0120. The summed E-state index contributed by atoms with van der Waals surface area (Å²) in [4.78, 5) is 22.8. The monoisotopic (exact) mass is 460 g/mol. The molecule has 2 rings (SSSR count). The molecule has 1 aliphatic rings. The molecule has 32 heavy (non-hydrogen) atoms. The molecule has 12 nitrogen and oxygen atoms in total. The van der Waals surface area contributed by atoms with E-state index in [4.69, 9.17) is 28.1 Å². The largest absolute Gasteiger partial charge is 0.463 e. The second-order valence-electron chi connectivity index (χ2n) is 7.20. The van der Waals surface area contributed by atoms with E-state index in [1.54, 1.807) is 13.1 Å². The van der Waals surface area contributed by atoms with Crippen LogP contribution in [0.2, 0.25) is 0 Å². The number of nitrogens with one attached hydrogen (secondary N) is 2. The van der Waals surface area contributed by atoms with Crippen LogP contribution in [0.15, 0.2) is 16.5 Å². The van der Waals surface area contributed by atoms with Gasteiger partial charge in [0, 0.05) is 6.92 Å². The van der Waals surface area contributed by atoms with Crippen LogP contribution in [0, 0.1) is 0 Å². The first kappa shape index (κ1) is 26.0. The molecule has 182 valence electrons. The highest BCUT2D eigenvalue weighted by molar-refractivity contribution is 5.67. The van der Waals surface area contributed by atoms with E-state index in [9.17, 15) is 19.8 Å². The number of furan rings is 1. The predicted octanol–water partition coefficient (Wildman–Crippen LogP) is -0.689. The molecule has 1 amide bonds. The number of amides is 1. The summed E-state index contributed by atoms with van der Waals surface area (Å²) < 4.78 is 31.9. The van der Waals surface area contributed by atoms with Crippen molar-refractivity contribution >= 4 is 12.1 Å². The van der Waals surface area contributed by atoms with Crippen LogP contribution in [0.25, 0.3) is 0 Å². The Balaban J connectivity index is 1.62. The molecule has 0 aliphatic carbocycles. The van der Waals surface area contributed by atoms with Gasteiger partial charge in [0.2, 0.25) is 0 Å². The average Bonchev–Trinajstić information content (AvgIpc) is 3.41. The van der Waals surface area contributed by atoms with Crippen molar-refractivity contribution in [1.82, 2.24) is 10.6 Å². The molecule has 4 unspecified atom stereocenters. The quantitative estimate of drug-likeness (QED) is 0.260. The summed E-state index contributed by atoms with van der Waals surface area (Å²) in [6, 6.07) is 3.57. The van der Waals surface area contributed by atoms with E-state index in [1.165, 1.54) is 6.92 Å². The number of carbonyl (C=O) groups excluding carboxylic acids is 2. The van der Waals surface area contributed by atoms with E-state index in [-0.39, 0.29) is 46.2 Å². The highest BCUT2D eigenvalue weighted by atomic mass is 16.6. The van der Waals surface area contributed by atoms with E-state index in [0.717, 1.165) is 5.76 Å². The van der Waals surface area contributed by atoms with Gasteiger partial charge in [-0.15, -0.1) is 0 Å². The lowest BCUT2D eigenvalue weighted by Crippen LogP contribution is -2.37. The van der Waals surface area contributed by atoms with Gasteiger partial charge in [-0.25, -0.2) is 4.79 Å². The van der Waals surface area contributed by atoms with E-state index < -0.39 is 36.5 Å². The maximum atomic E-state index is 11.8. The van der Waals surface area contributed by atoms with Crippen molar-refractivity contribution in [2.24, 2.45) is 0 Å². The second-order valence-corrected chi connectivity index (χ2v) is 7.20. The summed E-state index contributed by atoms with van der Waals surface area (Å²) >= 11 is 0. The van der Waals surface area contributed by atoms with Crippen LogP contribution < -0.4 is 10.6 Å². The van der Waals surface area contributed by atoms with Crippen LogP contribution >= 0.6 is 0 Å². The molecule has 12 heteroatoms. The third-order valence-electron chi connectivity index (χ3n) is 4.40. The molecule has 0 spiro atoms. The highest BCUT2D eigenvalue weighted by Gasteiger charge is 2.31. The van der Waals surface area contributed by atoms with Gasteiger partial charge in [0.15, 0.2) is 0 Å². The lowest BCUT2D eigenvalue weighted by molar-refractivity contribution is -0.155. The number of rotatable bonds is 14. The van der Waals surface area contributed by atoms with Crippen LogP contribution in [-0.2, 0) is 41.6 Å². The molecular formula is C20H32N2O10. The first-order chi connectivity index (χ1) is 15.4. The number of aliphatic hydroxyl groups excluding tert-OH is 2. The maximum absolute atomic E-state index is 11.8. The van der Waals surface area contributed by atoms with Gasteiger partial charge in [-0.3, -0.25) is 4.79 Å². The number of ether oxygens (including phenoxy) is 5. The molecule has 0 radical (unpaired) electrons. The third-order valence-corrected chi connectivity index (χ3v) is 4.40. The summed E-state index contributed by atoms with van der Waals surface area (Å²) in [5.41, 5.74) is 0. The Kier molecular flexibility index (Phi) is 11.4. The molecule has 1 saturated heterocycles. The van der Waals surface area contributed by atoms with E-state index >= 15 is 0 Å². The smallest absolute Gasteiger partial charge is 0.407 e. The lowest BCUT2D eigenvalue weighted by Gasteiger charge is -2.22. The van der Waals surface area contributed by atoms with Crippen molar-refractivity contribution in [3.63, 3.8) is 0 Å². The highest BCUT2D eigenvalue weighted by Crippen LogP contribution is 2.15. The zero-order valence-corrected chi connectivity index (χ0v) is 18.3. The van der Waals surface area contributed by atoms with Gasteiger partial charge in [0.05, 0.1) is 46.1 Å². The zero-order chi connectivity index (χ0) is 23.3. The summed E-state index contributed by atoms with van der Waals surface area (Å²) in [7, 11) is 1.80. The Morgan fingerprint density at radius 1 is 1.12 bits per heavy atom. The van der Waals surface area contributed by atoms with Crippen molar-refractivity contribution in [1.29, 1.82) is 0 Å². The van der Waals surface area contributed by atoms with E-state index in [2.05, 4.69) is 10.6 Å². The zero-order valence-electron chi connectivity index (χ0n) is 18.3. The van der Waals surface area contributed by atoms with Crippen molar-refractivity contribution in [3.8, 4) is 0 Å². The number of hydrogen-bond acceptors (Lipinski definition) is 11. The maximum Gasteiger partial charge on any atom is 0.407 e. The Morgan fingerprint density at radius 2 is 1.78 bits per heavy atom. The molecule has 2 heterocycles. The Bertz CT molecular complexity index is 698. The van der Waals surface area contributed by atoms with E-state index in [1.807, 2.05) is 6.07 Å². The number of aliphatic hydroxyl groups is 2. The predicted molar refractivity (Wildman–Crippen MR) is 109 cm³/mol. The SMILES string of the molecule is CNCc1ccc(CNC(=O)OCC(O)COC2COCC2OCC(CO)OC(C)=O)o1. The Labute approximate surface area is 186 Å². The van der Waals surface area contributed by atoms with Crippen LogP contribution in [0.4, 0.5) is 4.79 Å². The van der Waals surface area contributed by atoms with Gasteiger partial charge in [0.25, 0.3) is 0 Å². The van der Waals surface area contributed by atoms with Crippen molar-refractivity contribution in [2.75, 3.05) is 46.7 Å². The molecule has 0 bridgehead atoms. The van der Waals surface area contributed by atoms with Crippen LogP contribution in [0.5, 0.6) is 0 Å². The van der Waals surface area contributed by atoms with Crippen molar-refractivity contribution in [2.45, 2.75) is 44.4 Å². The Hall–Kier alpha value is -2.22. The van der Waals surface area contributed by atoms with Gasteiger partial charge in [0.1, 0.15) is 42.5 Å². The summed E-state index contributed by atoms with van der Waals surface area (Å²) in [6.07, 6.45) is -3.42. The minimum atomic E-state index is -1.04. The van der Waals surface area contributed by atoms with Gasteiger partial charge < -0.3 is 48.9 Å². The molecule has 1 aliphatic heterocycles. The molecule has 1 aromatic heterocycles. The van der Waals surface area contributed by atoms with Crippen molar-refractivity contribution in [3.05, 3.63) is 23.7 Å². The molecular weight excluding hydrogens is 428 g/mol. The minimum Gasteiger partial charge on any atom is -0.463 e. The topological polar surface area (TPSA) is 158 Å². The van der Waals surface area contributed by atoms with Crippen LogP contribution in [0.3, 0.4) is 0 Å². The first-order valence-electron chi connectivity index (χ1n) is 10.3. The number of alkyl carbamates (subject to hydrolysis) is 1. The third kappa shape index (κ3) is 9.51. The van der Waals surface area contributed by atoms with Crippen LogP contribution in [0.1, 0.15) is 18.4 Å². The molecule has 1 fully saturated rings. The van der Waals surface area contributed by atoms with Gasteiger partial charge in [-0.2, -0.15) is 0 Å².